The van der Waals surface area contributed by atoms with Gasteiger partial charge in [-0.2, -0.15) is 5.10 Å². The lowest BCUT2D eigenvalue weighted by Crippen LogP contribution is -2.30. The summed E-state index contributed by atoms with van der Waals surface area (Å²) in [5, 5.41) is 9.56. The van der Waals surface area contributed by atoms with E-state index in [0.29, 0.717) is 30.3 Å². The van der Waals surface area contributed by atoms with Gasteiger partial charge in [0, 0.05) is 20.0 Å². The summed E-state index contributed by atoms with van der Waals surface area (Å²) in [4.78, 5) is 23.7. The van der Waals surface area contributed by atoms with Crippen LogP contribution in [0.4, 0.5) is 5.69 Å². The summed E-state index contributed by atoms with van der Waals surface area (Å²) in [6, 6.07) is 0. The van der Waals surface area contributed by atoms with Gasteiger partial charge < -0.3 is 10.6 Å². The summed E-state index contributed by atoms with van der Waals surface area (Å²) in [5.41, 5.74) is 0.840. The van der Waals surface area contributed by atoms with Crippen molar-refractivity contribution in [3.63, 3.8) is 0 Å². The quantitative estimate of drug-likeness (QED) is 0.820. The van der Waals surface area contributed by atoms with Crippen molar-refractivity contribution >= 4 is 17.5 Å². The van der Waals surface area contributed by atoms with E-state index >= 15 is 0 Å². The zero-order valence-electron chi connectivity index (χ0n) is 12.0. The Bertz CT molecular complexity index is 451. The molecule has 1 heterocycles. The van der Waals surface area contributed by atoms with E-state index in [0.717, 1.165) is 6.42 Å². The molecule has 2 N–H and O–H groups in total. The van der Waals surface area contributed by atoms with Gasteiger partial charge in [0.2, 0.25) is 5.91 Å². The van der Waals surface area contributed by atoms with E-state index in [2.05, 4.69) is 15.7 Å². The number of amides is 2. The number of hydrogen-bond acceptors (Lipinski definition) is 3. The third kappa shape index (κ3) is 4.39. The molecule has 2 amide bonds. The molecule has 0 bridgehead atoms. The molecular weight excluding hydrogens is 244 g/mol. The Morgan fingerprint density at radius 1 is 1.42 bits per heavy atom. The largest absolute Gasteiger partial charge is 0.350 e. The highest BCUT2D eigenvalue weighted by Gasteiger charge is 2.18. The average molecular weight is 266 g/mol. The number of hydrogen-bond donors (Lipinski definition) is 2. The molecule has 0 fully saturated rings. The first-order valence-corrected chi connectivity index (χ1v) is 6.55. The number of rotatable bonds is 6. The Morgan fingerprint density at radius 2 is 2.11 bits per heavy atom. The maximum Gasteiger partial charge on any atom is 0.271 e. The van der Waals surface area contributed by atoms with Crippen LogP contribution >= 0.6 is 0 Å². The van der Waals surface area contributed by atoms with Crippen molar-refractivity contribution < 1.29 is 9.59 Å². The maximum absolute atomic E-state index is 12.1. The van der Waals surface area contributed by atoms with E-state index in [4.69, 9.17) is 0 Å². The van der Waals surface area contributed by atoms with E-state index in [1.807, 2.05) is 20.8 Å². The molecule has 106 valence electrons. The van der Waals surface area contributed by atoms with Crippen LogP contribution < -0.4 is 10.6 Å². The molecule has 0 saturated heterocycles. The molecule has 1 aromatic heterocycles. The number of aromatic nitrogens is 2. The summed E-state index contributed by atoms with van der Waals surface area (Å²) in [6.45, 7) is 6.56. The Morgan fingerprint density at radius 3 is 2.68 bits per heavy atom. The average Bonchev–Trinajstić information content (AvgIpc) is 2.67. The molecular formula is C13H22N4O2. The van der Waals surface area contributed by atoms with Gasteiger partial charge in [-0.1, -0.05) is 20.8 Å². The lowest BCUT2D eigenvalue weighted by molar-refractivity contribution is -0.116. The van der Waals surface area contributed by atoms with Crippen LogP contribution in [0.25, 0.3) is 0 Å². The van der Waals surface area contributed by atoms with Crippen LogP contribution in [0.15, 0.2) is 6.20 Å². The van der Waals surface area contributed by atoms with E-state index in [9.17, 15) is 9.59 Å². The minimum absolute atomic E-state index is 0.103. The summed E-state index contributed by atoms with van der Waals surface area (Å²) in [6.07, 6.45) is 2.70. The second-order valence-corrected chi connectivity index (χ2v) is 4.93. The molecule has 6 heteroatoms. The van der Waals surface area contributed by atoms with Crippen LogP contribution in [0.1, 0.15) is 44.1 Å². The van der Waals surface area contributed by atoms with Crippen LogP contribution in [0.3, 0.4) is 0 Å². The van der Waals surface area contributed by atoms with Crippen molar-refractivity contribution in [3.05, 3.63) is 11.9 Å². The SMILES string of the molecule is CCCC(=O)Nc1cnn(C)c1C(=O)NCC(C)C. The minimum atomic E-state index is -0.222. The van der Waals surface area contributed by atoms with E-state index in [-0.39, 0.29) is 11.8 Å². The molecule has 0 unspecified atom stereocenters. The molecule has 1 aromatic rings. The smallest absolute Gasteiger partial charge is 0.271 e. The van der Waals surface area contributed by atoms with Crippen LogP contribution in [0, 0.1) is 5.92 Å². The molecule has 19 heavy (non-hydrogen) atoms. The van der Waals surface area contributed by atoms with Crippen molar-refractivity contribution in [2.24, 2.45) is 13.0 Å². The van der Waals surface area contributed by atoms with Crippen LogP contribution in [0.2, 0.25) is 0 Å². The first-order chi connectivity index (χ1) is 8.95. The molecule has 0 aliphatic carbocycles. The fraction of sp³-hybridized carbons (Fsp3) is 0.615. The summed E-state index contributed by atoms with van der Waals surface area (Å²) in [5.74, 6) is 0.0456. The van der Waals surface area contributed by atoms with Gasteiger partial charge >= 0.3 is 0 Å². The standard InChI is InChI=1S/C13H22N4O2/c1-5-6-11(18)16-10-8-15-17(4)12(10)13(19)14-7-9(2)3/h8-9H,5-7H2,1-4H3,(H,14,19)(H,16,18). The molecule has 0 radical (unpaired) electrons. The Hall–Kier alpha value is -1.85. The zero-order valence-corrected chi connectivity index (χ0v) is 12.0. The number of nitrogens with one attached hydrogen (secondary N) is 2. The molecule has 0 atom stereocenters. The van der Waals surface area contributed by atoms with E-state index in [1.165, 1.54) is 10.9 Å². The summed E-state index contributed by atoms with van der Waals surface area (Å²) >= 11 is 0. The molecule has 0 aliphatic heterocycles. The van der Waals surface area contributed by atoms with E-state index in [1.54, 1.807) is 7.05 Å². The molecule has 0 saturated carbocycles. The van der Waals surface area contributed by atoms with Gasteiger partial charge in [0.25, 0.3) is 5.91 Å². The van der Waals surface area contributed by atoms with Crippen molar-refractivity contribution in [2.45, 2.75) is 33.6 Å². The van der Waals surface area contributed by atoms with Crippen LogP contribution in [-0.2, 0) is 11.8 Å². The lowest BCUT2D eigenvalue weighted by atomic mass is 10.2. The van der Waals surface area contributed by atoms with Gasteiger partial charge in [-0.05, 0) is 12.3 Å². The highest BCUT2D eigenvalue weighted by molar-refractivity contribution is 6.02. The van der Waals surface area contributed by atoms with Gasteiger partial charge in [0.1, 0.15) is 5.69 Å². The topological polar surface area (TPSA) is 76.0 Å². The van der Waals surface area contributed by atoms with Gasteiger partial charge in [-0.25, -0.2) is 0 Å². The highest BCUT2D eigenvalue weighted by Crippen LogP contribution is 2.14. The molecule has 6 nitrogen and oxygen atoms in total. The maximum atomic E-state index is 12.1. The number of carbonyl (C=O) groups is 2. The second kappa shape index (κ2) is 6.92. The Balaban J connectivity index is 2.79. The third-order valence-corrected chi connectivity index (χ3v) is 2.58. The van der Waals surface area contributed by atoms with Crippen molar-refractivity contribution in [1.29, 1.82) is 0 Å². The van der Waals surface area contributed by atoms with Gasteiger partial charge in [0.15, 0.2) is 0 Å². The monoisotopic (exact) mass is 266 g/mol. The minimum Gasteiger partial charge on any atom is -0.350 e. The molecule has 0 aromatic carbocycles. The number of anilines is 1. The Kier molecular flexibility index (Phi) is 5.54. The zero-order chi connectivity index (χ0) is 14.4. The highest BCUT2D eigenvalue weighted by atomic mass is 16.2. The molecule has 0 aliphatic rings. The predicted octanol–water partition coefficient (Wildman–Crippen LogP) is 1.54. The van der Waals surface area contributed by atoms with Crippen LogP contribution in [-0.4, -0.2) is 28.1 Å². The fourth-order valence-electron chi connectivity index (χ4n) is 1.62. The Labute approximate surface area is 113 Å². The van der Waals surface area contributed by atoms with Gasteiger partial charge in [-0.3, -0.25) is 14.3 Å². The first-order valence-electron chi connectivity index (χ1n) is 6.55. The lowest BCUT2D eigenvalue weighted by Gasteiger charge is -2.10. The van der Waals surface area contributed by atoms with Crippen molar-refractivity contribution in [3.8, 4) is 0 Å². The van der Waals surface area contributed by atoms with Crippen molar-refractivity contribution in [1.82, 2.24) is 15.1 Å². The fourth-order valence-corrected chi connectivity index (χ4v) is 1.62. The molecule has 1 rings (SSSR count). The first kappa shape index (κ1) is 15.2. The summed E-state index contributed by atoms with van der Waals surface area (Å²) in [7, 11) is 1.68. The summed E-state index contributed by atoms with van der Waals surface area (Å²) < 4.78 is 1.47. The van der Waals surface area contributed by atoms with Crippen molar-refractivity contribution in [2.75, 3.05) is 11.9 Å². The van der Waals surface area contributed by atoms with Gasteiger partial charge in [0.05, 0.1) is 11.9 Å². The van der Waals surface area contributed by atoms with Gasteiger partial charge in [-0.15, -0.1) is 0 Å². The number of carbonyl (C=O) groups excluding carboxylic acids is 2. The van der Waals surface area contributed by atoms with Crippen LogP contribution in [0.5, 0.6) is 0 Å². The predicted molar refractivity (Wildman–Crippen MR) is 73.9 cm³/mol. The number of nitrogens with zero attached hydrogens (tertiary/aromatic N) is 2. The molecule has 0 spiro atoms. The number of aryl methyl sites for hydroxylation is 1. The second-order valence-electron chi connectivity index (χ2n) is 4.93. The van der Waals surface area contributed by atoms with E-state index < -0.39 is 0 Å². The normalized spacial score (nSPS) is 10.6. The third-order valence-electron chi connectivity index (χ3n) is 2.58.